The van der Waals surface area contributed by atoms with Crippen LogP contribution in [0.5, 0.6) is 0 Å². The van der Waals surface area contributed by atoms with Gasteiger partial charge in [-0.3, -0.25) is 14.6 Å². The summed E-state index contributed by atoms with van der Waals surface area (Å²) < 4.78 is 29.6. The summed E-state index contributed by atoms with van der Waals surface area (Å²) in [4.78, 5) is 28.4. The Bertz CT molecular complexity index is 1040. The number of ketones is 1. The minimum absolute atomic E-state index is 0.0840. The predicted octanol–water partition coefficient (Wildman–Crippen LogP) is 3.77. The van der Waals surface area contributed by atoms with Crippen LogP contribution < -0.4 is 5.56 Å². The number of halogens is 2. The van der Waals surface area contributed by atoms with E-state index >= 15 is 0 Å². The number of carbonyl (C=O) groups is 1. The molecule has 3 rings (SSSR count). The molecule has 2 aromatic heterocycles. The van der Waals surface area contributed by atoms with Gasteiger partial charge < -0.3 is 4.57 Å². The Kier molecular flexibility index (Phi) is 5.26. The van der Waals surface area contributed by atoms with E-state index in [1.54, 1.807) is 20.0 Å². The summed E-state index contributed by atoms with van der Waals surface area (Å²) in [6.07, 6.45) is 2.77. The van der Waals surface area contributed by atoms with Crippen LogP contribution >= 0.6 is 0 Å². The van der Waals surface area contributed by atoms with Crippen molar-refractivity contribution < 1.29 is 13.6 Å². The second-order valence-corrected chi connectivity index (χ2v) is 6.48. The molecule has 0 unspecified atom stereocenters. The van der Waals surface area contributed by atoms with E-state index in [0.29, 0.717) is 16.7 Å². The smallest absolute Gasteiger partial charge is 0.250 e. The second-order valence-electron chi connectivity index (χ2n) is 6.48. The van der Waals surface area contributed by atoms with E-state index < -0.39 is 17.6 Å². The van der Waals surface area contributed by atoms with Gasteiger partial charge in [-0.25, -0.2) is 8.78 Å². The average molecular weight is 368 g/mol. The third kappa shape index (κ3) is 4.16. The van der Waals surface area contributed by atoms with Gasteiger partial charge in [0.2, 0.25) is 5.56 Å². The molecule has 3 aromatic rings. The van der Waals surface area contributed by atoms with Crippen molar-refractivity contribution in [2.24, 2.45) is 7.05 Å². The van der Waals surface area contributed by atoms with Crippen molar-refractivity contribution in [3.8, 4) is 0 Å². The van der Waals surface area contributed by atoms with Crippen LogP contribution in [0.1, 0.15) is 39.5 Å². The summed E-state index contributed by atoms with van der Waals surface area (Å²) in [6.45, 7) is 1.73. The molecule has 138 valence electrons. The van der Waals surface area contributed by atoms with E-state index in [1.165, 1.54) is 53.4 Å². The van der Waals surface area contributed by atoms with Gasteiger partial charge in [0, 0.05) is 43.4 Å². The maximum absolute atomic E-state index is 14.4. The van der Waals surface area contributed by atoms with E-state index in [4.69, 9.17) is 0 Å². The van der Waals surface area contributed by atoms with Gasteiger partial charge >= 0.3 is 0 Å². The van der Waals surface area contributed by atoms with Crippen molar-refractivity contribution in [2.45, 2.75) is 19.3 Å². The molecule has 0 aliphatic rings. The Morgan fingerprint density at radius 1 is 1.19 bits per heavy atom. The summed E-state index contributed by atoms with van der Waals surface area (Å²) in [5.74, 6) is -2.05. The minimum atomic E-state index is -0.745. The fourth-order valence-electron chi connectivity index (χ4n) is 3.05. The number of hydrogen-bond acceptors (Lipinski definition) is 3. The van der Waals surface area contributed by atoms with Crippen molar-refractivity contribution in [3.05, 3.63) is 99.2 Å². The van der Waals surface area contributed by atoms with E-state index in [-0.39, 0.29) is 23.5 Å². The first-order valence-electron chi connectivity index (χ1n) is 8.42. The Hall–Kier alpha value is -3.15. The number of carbonyl (C=O) groups excluding carboxylic acids is 1. The van der Waals surface area contributed by atoms with Gasteiger partial charge in [0.15, 0.2) is 5.78 Å². The summed E-state index contributed by atoms with van der Waals surface area (Å²) >= 11 is 0. The second kappa shape index (κ2) is 7.61. The van der Waals surface area contributed by atoms with Crippen LogP contribution in [0.4, 0.5) is 8.78 Å². The van der Waals surface area contributed by atoms with Crippen LogP contribution in [-0.4, -0.2) is 15.3 Å². The molecule has 4 nitrogen and oxygen atoms in total. The number of hydrogen-bond donors (Lipinski definition) is 0. The molecule has 1 aromatic carbocycles. The molecule has 0 saturated carbocycles. The van der Waals surface area contributed by atoms with Crippen LogP contribution in [0.2, 0.25) is 0 Å². The van der Waals surface area contributed by atoms with Crippen LogP contribution in [0.3, 0.4) is 0 Å². The highest BCUT2D eigenvalue weighted by atomic mass is 19.1. The molecular weight excluding hydrogens is 350 g/mol. The Labute approximate surface area is 155 Å². The highest BCUT2D eigenvalue weighted by Crippen LogP contribution is 2.31. The molecule has 1 atom stereocenters. The normalized spacial score (nSPS) is 12.0. The molecular formula is C21H18F2N2O2. The number of aromatic nitrogens is 2. The summed E-state index contributed by atoms with van der Waals surface area (Å²) in [5.41, 5.74) is 1.32. The number of nitrogens with zero attached hydrogens (tertiary/aromatic N) is 2. The van der Waals surface area contributed by atoms with Gasteiger partial charge in [-0.15, -0.1) is 0 Å². The van der Waals surface area contributed by atoms with Gasteiger partial charge in [-0.1, -0.05) is 6.07 Å². The molecule has 6 heteroatoms. The molecule has 0 fully saturated rings. The number of aryl methyl sites for hydroxylation is 2. The molecule has 0 bridgehead atoms. The fourth-order valence-corrected chi connectivity index (χ4v) is 3.05. The molecule has 0 amide bonds. The number of rotatable bonds is 5. The average Bonchev–Trinajstić information content (AvgIpc) is 2.61. The Balaban J connectivity index is 2.04. The van der Waals surface area contributed by atoms with Crippen molar-refractivity contribution in [3.63, 3.8) is 0 Å². The highest BCUT2D eigenvalue weighted by Gasteiger charge is 2.24. The van der Waals surface area contributed by atoms with Gasteiger partial charge in [0.1, 0.15) is 11.6 Å². The first-order chi connectivity index (χ1) is 12.8. The van der Waals surface area contributed by atoms with Gasteiger partial charge in [0.25, 0.3) is 0 Å². The third-order valence-corrected chi connectivity index (χ3v) is 4.38. The molecule has 0 aliphatic heterocycles. The fraction of sp³-hybridized carbons (Fsp3) is 0.190. The maximum atomic E-state index is 14.4. The molecule has 0 aliphatic carbocycles. The van der Waals surface area contributed by atoms with Gasteiger partial charge in [-0.2, -0.15) is 0 Å². The molecule has 0 saturated heterocycles. The molecule has 2 heterocycles. The zero-order valence-corrected chi connectivity index (χ0v) is 14.9. The predicted molar refractivity (Wildman–Crippen MR) is 97.8 cm³/mol. The monoisotopic (exact) mass is 368 g/mol. The van der Waals surface area contributed by atoms with Crippen molar-refractivity contribution in [2.75, 3.05) is 0 Å². The highest BCUT2D eigenvalue weighted by molar-refractivity contribution is 5.96. The first-order valence-corrected chi connectivity index (χ1v) is 8.42. The lowest BCUT2D eigenvalue weighted by Gasteiger charge is -2.18. The Morgan fingerprint density at radius 3 is 2.63 bits per heavy atom. The van der Waals surface area contributed by atoms with Gasteiger partial charge in [0.05, 0.1) is 5.69 Å². The van der Waals surface area contributed by atoms with Crippen LogP contribution in [0.15, 0.2) is 59.7 Å². The van der Waals surface area contributed by atoms with Gasteiger partial charge in [-0.05, 0) is 48.4 Å². The van der Waals surface area contributed by atoms with Crippen molar-refractivity contribution >= 4 is 5.78 Å². The quantitative estimate of drug-likeness (QED) is 0.644. The zero-order valence-electron chi connectivity index (χ0n) is 14.9. The van der Waals surface area contributed by atoms with Crippen LogP contribution in [-0.2, 0) is 7.05 Å². The SMILES string of the molecule is Cc1cc(F)cc([C@H](CC(=O)c2ccc(=O)n(C)c2)c2ncccc2F)c1. The lowest BCUT2D eigenvalue weighted by molar-refractivity contribution is 0.0976. The summed E-state index contributed by atoms with van der Waals surface area (Å²) in [6, 6.07) is 9.84. The minimum Gasteiger partial charge on any atom is -0.318 e. The first kappa shape index (κ1) is 18.6. The molecule has 0 radical (unpaired) electrons. The van der Waals surface area contributed by atoms with Crippen molar-refractivity contribution in [1.29, 1.82) is 0 Å². The number of benzene rings is 1. The topological polar surface area (TPSA) is 52.0 Å². The van der Waals surface area contributed by atoms with E-state index in [1.807, 2.05) is 0 Å². The van der Waals surface area contributed by atoms with Crippen LogP contribution in [0, 0.1) is 18.6 Å². The van der Waals surface area contributed by atoms with E-state index in [9.17, 15) is 18.4 Å². The van der Waals surface area contributed by atoms with Crippen molar-refractivity contribution in [1.82, 2.24) is 9.55 Å². The maximum Gasteiger partial charge on any atom is 0.250 e. The number of pyridine rings is 2. The molecule has 0 spiro atoms. The lowest BCUT2D eigenvalue weighted by atomic mass is 9.87. The lowest BCUT2D eigenvalue weighted by Crippen LogP contribution is -2.18. The van der Waals surface area contributed by atoms with E-state index in [0.717, 1.165) is 0 Å². The van der Waals surface area contributed by atoms with E-state index in [2.05, 4.69) is 4.98 Å². The zero-order chi connectivity index (χ0) is 19.6. The van der Waals surface area contributed by atoms with Crippen LogP contribution in [0.25, 0.3) is 0 Å². The standard InChI is InChI=1S/C21H18F2N2O2/c1-13-8-15(10-16(22)9-13)17(21-18(23)4-3-7-24-21)11-19(26)14-5-6-20(27)25(2)12-14/h3-10,12,17H,11H2,1-2H3/t17-/m0/s1. The Morgan fingerprint density at radius 2 is 1.96 bits per heavy atom. The number of Topliss-reactive ketones (excluding diaryl/α,β-unsaturated/α-hetero) is 1. The molecule has 0 N–H and O–H groups in total. The summed E-state index contributed by atoms with van der Waals surface area (Å²) in [5, 5.41) is 0. The largest absolute Gasteiger partial charge is 0.318 e. The molecule has 27 heavy (non-hydrogen) atoms. The summed E-state index contributed by atoms with van der Waals surface area (Å²) in [7, 11) is 1.55. The third-order valence-electron chi connectivity index (χ3n) is 4.38.